The molecule has 0 aliphatic carbocycles. The molecule has 1 heterocycles. The second-order valence-corrected chi connectivity index (χ2v) is 14.4. The number of nitrogens with zero attached hydrogens (tertiary/aromatic N) is 1. The van der Waals surface area contributed by atoms with Crippen LogP contribution >= 0.6 is 11.8 Å². The number of methoxy groups -OCH3 is 2. The Morgan fingerprint density at radius 2 is 1.57 bits per heavy atom. The van der Waals surface area contributed by atoms with Crippen LogP contribution in [0.15, 0.2) is 54.6 Å². The topological polar surface area (TPSA) is 116 Å². The van der Waals surface area contributed by atoms with E-state index in [9.17, 15) is 19.5 Å². The molecule has 9 nitrogen and oxygen atoms in total. The van der Waals surface area contributed by atoms with E-state index < -0.39 is 17.1 Å². The van der Waals surface area contributed by atoms with Gasteiger partial charge in [0.1, 0.15) is 22.5 Å². The van der Waals surface area contributed by atoms with Gasteiger partial charge in [-0.15, -0.1) is 11.8 Å². The number of thioether (sulfide) groups is 1. The number of amides is 1. The minimum atomic E-state index is -1.13. The zero-order valence-corrected chi connectivity index (χ0v) is 31.0. The van der Waals surface area contributed by atoms with Gasteiger partial charge in [0.15, 0.2) is 6.61 Å². The molecular formula is C39H48N2O7S. The minimum absolute atomic E-state index is 0.00146. The van der Waals surface area contributed by atoms with Gasteiger partial charge in [0.25, 0.3) is 0 Å². The first-order valence-electron chi connectivity index (χ1n) is 16.4. The zero-order chi connectivity index (χ0) is 36.3. The molecule has 0 saturated heterocycles. The first-order valence-corrected chi connectivity index (χ1v) is 17.6. The maximum absolute atomic E-state index is 14.4. The molecule has 0 spiro atoms. The Bertz CT molecular complexity index is 1870. The normalized spacial score (nSPS) is 12.4. The smallest absolute Gasteiger partial charge is 0.335 e. The summed E-state index contributed by atoms with van der Waals surface area (Å²) < 4.78 is 19.1. The second kappa shape index (κ2) is 15.0. The number of Topliss-reactive ketones (excluding diaryl/α,β-unsaturated/α-hetero) is 1. The molecule has 10 heteroatoms. The number of fused-ring (bicyclic) bond motifs is 1. The van der Waals surface area contributed by atoms with Gasteiger partial charge in [0, 0.05) is 23.5 Å². The number of hydrogen-bond donors (Lipinski definition) is 2. The number of ketones is 1. The van der Waals surface area contributed by atoms with Crippen LogP contribution < -0.4 is 19.5 Å². The van der Waals surface area contributed by atoms with Gasteiger partial charge in [0.05, 0.1) is 36.7 Å². The third-order valence-corrected chi connectivity index (χ3v) is 10.7. The number of aromatic nitrogens is 1. The number of benzene rings is 3. The summed E-state index contributed by atoms with van der Waals surface area (Å²) in [7, 11) is 4.82. The molecule has 0 bridgehead atoms. The average Bonchev–Trinajstić information content (AvgIpc) is 3.37. The highest BCUT2D eigenvalue weighted by molar-refractivity contribution is 7.99. The van der Waals surface area contributed by atoms with Gasteiger partial charge in [-0.1, -0.05) is 53.7 Å². The molecule has 49 heavy (non-hydrogen) atoms. The fraction of sp³-hybridized carbons (Fsp3) is 0.410. The number of ether oxygens (including phenoxy) is 3. The molecule has 1 amide bonds. The van der Waals surface area contributed by atoms with Gasteiger partial charge >= 0.3 is 5.97 Å². The average molecular weight is 689 g/mol. The van der Waals surface area contributed by atoms with E-state index in [2.05, 4.69) is 59.0 Å². The van der Waals surface area contributed by atoms with Crippen molar-refractivity contribution in [2.45, 2.75) is 70.5 Å². The van der Waals surface area contributed by atoms with Gasteiger partial charge in [-0.25, -0.2) is 4.79 Å². The first-order chi connectivity index (χ1) is 23.1. The Balaban J connectivity index is 1.79. The lowest BCUT2D eigenvalue weighted by Crippen LogP contribution is -2.24. The molecule has 0 fully saturated rings. The van der Waals surface area contributed by atoms with E-state index in [0.717, 1.165) is 23.9 Å². The molecule has 1 unspecified atom stereocenters. The van der Waals surface area contributed by atoms with Crippen molar-refractivity contribution >= 4 is 46.0 Å². The van der Waals surface area contributed by atoms with Crippen LogP contribution in [0.3, 0.4) is 0 Å². The van der Waals surface area contributed by atoms with Crippen LogP contribution in [-0.2, 0) is 22.7 Å². The highest BCUT2D eigenvalue weighted by atomic mass is 32.2. The fourth-order valence-electron chi connectivity index (χ4n) is 5.87. The van der Waals surface area contributed by atoms with Crippen LogP contribution in [0.4, 0.5) is 5.69 Å². The number of carboxylic acids is 1. The molecular weight excluding hydrogens is 641 g/mol. The minimum Gasteiger partial charge on any atom is -0.497 e. The summed E-state index contributed by atoms with van der Waals surface area (Å²) >= 11 is 1.26. The molecule has 262 valence electrons. The van der Waals surface area contributed by atoms with Crippen LogP contribution in [0.5, 0.6) is 17.2 Å². The highest BCUT2D eigenvalue weighted by Crippen LogP contribution is 2.41. The van der Waals surface area contributed by atoms with Crippen molar-refractivity contribution in [2.24, 2.45) is 7.05 Å². The summed E-state index contributed by atoms with van der Waals surface area (Å²) in [6.07, 6.45) is 3.65. The van der Waals surface area contributed by atoms with Crippen LogP contribution in [0.2, 0.25) is 0 Å². The predicted octanol–water partition coefficient (Wildman–Crippen LogP) is 8.57. The number of anilines is 1. The van der Waals surface area contributed by atoms with Crippen molar-refractivity contribution in [1.82, 2.24) is 4.57 Å². The molecule has 1 aromatic heterocycles. The van der Waals surface area contributed by atoms with E-state index in [4.69, 9.17) is 14.2 Å². The molecule has 0 radical (unpaired) electrons. The summed E-state index contributed by atoms with van der Waals surface area (Å²) in [4.78, 5) is 40.1. The third kappa shape index (κ3) is 7.59. The molecule has 0 aliphatic rings. The number of hydrogen-bond acceptors (Lipinski definition) is 7. The van der Waals surface area contributed by atoms with E-state index in [-0.39, 0.29) is 34.5 Å². The van der Waals surface area contributed by atoms with Crippen molar-refractivity contribution in [1.29, 1.82) is 0 Å². The number of nitrogens with one attached hydrogen (secondary N) is 1. The summed E-state index contributed by atoms with van der Waals surface area (Å²) in [5, 5.41) is 12.2. The van der Waals surface area contributed by atoms with Gasteiger partial charge in [-0.05, 0) is 78.0 Å². The number of carbonyl (C=O) groups is 3. The molecule has 1 atom stereocenters. The molecule has 4 rings (SSSR count). The molecule has 0 aliphatic heterocycles. The van der Waals surface area contributed by atoms with Gasteiger partial charge in [-0.3, -0.25) is 9.59 Å². The van der Waals surface area contributed by atoms with Crippen molar-refractivity contribution in [3.63, 3.8) is 0 Å². The standard InChI is InChI=1S/C39H48N2O7S/c1-11-38(3,4)24-14-18-31(27(20-24)39(5,6)12-2)48-22-30(42)33-26-21-25(46-8)15-16-29(26)41(7)34(33)35(49-10)36(43)40-28-19-23(37(44)45)13-17-32(28)47-9/h13-21,35H,11-12,22H2,1-10H3,(H,40,43)(H,44,45). The Hall–Kier alpha value is -4.44. The molecule has 4 aromatic rings. The van der Waals surface area contributed by atoms with Gasteiger partial charge < -0.3 is 29.2 Å². The fourth-order valence-corrected chi connectivity index (χ4v) is 6.64. The Labute approximate surface area is 293 Å². The summed E-state index contributed by atoms with van der Waals surface area (Å²) in [5.41, 5.74) is 3.85. The Morgan fingerprint density at radius 1 is 0.898 bits per heavy atom. The van der Waals surface area contributed by atoms with Crippen LogP contribution in [-0.4, -0.2) is 54.4 Å². The third-order valence-electron chi connectivity index (χ3n) is 9.77. The van der Waals surface area contributed by atoms with Crippen molar-refractivity contribution < 1.29 is 33.7 Å². The SMILES string of the molecule is CCC(C)(C)c1ccc(OCC(=O)c2c(C(SC)C(=O)Nc3cc(C(=O)O)ccc3OC)n(C)c3ccc(OC)cc23)c(C(C)(C)CC)c1. The number of carbonyl (C=O) groups excluding carboxylic acids is 2. The zero-order valence-electron chi connectivity index (χ0n) is 30.1. The second-order valence-electron chi connectivity index (χ2n) is 13.4. The molecule has 0 saturated carbocycles. The monoisotopic (exact) mass is 688 g/mol. The van der Waals surface area contributed by atoms with Crippen LogP contribution in [0, 0.1) is 0 Å². The van der Waals surface area contributed by atoms with Crippen molar-refractivity contribution in [3.8, 4) is 17.2 Å². The van der Waals surface area contributed by atoms with Crippen LogP contribution in [0.1, 0.15) is 97.2 Å². The molecule has 3 aromatic carbocycles. The maximum atomic E-state index is 14.4. The highest BCUT2D eigenvalue weighted by Gasteiger charge is 2.33. The maximum Gasteiger partial charge on any atom is 0.335 e. The quantitative estimate of drug-likeness (QED) is 0.119. The van der Waals surface area contributed by atoms with Gasteiger partial charge in [-0.2, -0.15) is 0 Å². The number of aromatic carboxylic acids is 1. The largest absolute Gasteiger partial charge is 0.497 e. The van der Waals surface area contributed by atoms with E-state index in [1.54, 1.807) is 19.4 Å². The lowest BCUT2D eigenvalue weighted by atomic mass is 9.76. The summed E-state index contributed by atoms with van der Waals surface area (Å²) in [6, 6.07) is 16.0. The summed E-state index contributed by atoms with van der Waals surface area (Å²) in [5.74, 6) is -0.333. The van der Waals surface area contributed by atoms with Crippen molar-refractivity contribution in [2.75, 3.05) is 32.4 Å². The van der Waals surface area contributed by atoms with Gasteiger partial charge in [0.2, 0.25) is 11.7 Å². The Morgan fingerprint density at radius 3 is 2.16 bits per heavy atom. The number of rotatable bonds is 15. The van der Waals surface area contributed by atoms with E-state index in [1.165, 1.54) is 42.6 Å². The Kier molecular flexibility index (Phi) is 11.4. The van der Waals surface area contributed by atoms with E-state index in [0.29, 0.717) is 33.9 Å². The number of carboxylic acid groups (broad SMARTS) is 1. The van der Waals surface area contributed by atoms with E-state index in [1.807, 2.05) is 29.8 Å². The summed E-state index contributed by atoms with van der Waals surface area (Å²) in [6.45, 7) is 12.9. The molecule has 2 N–H and O–H groups in total. The lowest BCUT2D eigenvalue weighted by molar-refractivity contribution is -0.115. The first kappa shape index (κ1) is 37.4. The number of aryl methyl sites for hydroxylation is 1. The van der Waals surface area contributed by atoms with E-state index >= 15 is 0 Å². The lowest BCUT2D eigenvalue weighted by Gasteiger charge is -2.30. The van der Waals surface area contributed by atoms with Crippen molar-refractivity contribution in [3.05, 3.63) is 82.5 Å². The van der Waals surface area contributed by atoms with Crippen LogP contribution in [0.25, 0.3) is 10.9 Å². The predicted molar refractivity (Wildman–Crippen MR) is 197 cm³/mol.